The number of aliphatic hydroxyl groups is 1. The third-order valence-electron chi connectivity index (χ3n) is 2.43. The highest BCUT2D eigenvalue weighted by molar-refractivity contribution is 5.07. The molecule has 0 fully saturated rings. The monoisotopic (exact) mass is 221 g/mol. The first-order chi connectivity index (χ1) is 7.70. The maximum absolute atomic E-state index is 9.38. The third kappa shape index (κ3) is 2.11. The molecule has 1 N–H and O–H groups in total. The van der Waals surface area contributed by atoms with Gasteiger partial charge < -0.3 is 5.11 Å². The van der Waals surface area contributed by atoms with E-state index in [2.05, 4.69) is 15.2 Å². The molecule has 0 radical (unpaired) electrons. The van der Waals surface area contributed by atoms with Gasteiger partial charge in [-0.1, -0.05) is 0 Å². The summed E-state index contributed by atoms with van der Waals surface area (Å²) in [5.74, 6) is 0.864. The summed E-state index contributed by atoms with van der Waals surface area (Å²) < 4.78 is 3.57. The van der Waals surface area contributed by atoms with Crippen LogP contribution in [0.3, 0.4) is 0 Å². The van der Waals surface area contributed by atoms with Crippen molar-refractivity contribution in [2.45, 2.75) is 33.0 Å². The van der Waals surface area contributed by atoms with E-state index in [0.717, 1.165) is 17.9 Å². The van der Waals surface area contributed by atoms with Crippen LogP contribution in [-0.4, -0.2) is 29.7 Å². The SMILES string of the molecule is CCn1ncnc1Cn1cc(C(C)O)cn1. The number of aryl methyl sites for hydroxylation is 1. The van der Waals surface area contributed by atoms with Crippen LogP contribution in [0, 0.1) is 0 Å². The standard InChI is InChI=1S/C10H15N5O/c1-3-15-10(11-7-13-15)6-14-5-9(4-12-14)8(2)16/h4-5,7-8,16H,3,6H2,1-2H3. The maximum Gasteiger partial charge on any atom is 0.148 e. The summed E-state index contributed by atoms with van der Waals surface area (Å²) in [4.78, 5) is 4.16. The minimum Gasteiger partial charge on any atom is -0.389 e. The van der Waals surface area contributed by atoms with Gasteiger partial charge >= 0.3 is 0 Å². The number of aliphatic hydroxyl groups excluding tert-OH is 1. The summed E-state index contributed by atoms with van der Waals surface area (Å²) in [6.07, 6.45) is 4.53. The highest BCUT2D eigenvalue weighted by atomic mass is 16.3. The van der Waals surface area contributed by atoms with Crippen LogP contribution in [0.25, 0.3) is 0 Å². The molecule has 6 heteroatoms. The van der Waals surface area contributed by atoms with Crippen LogP contribution in [0.4, 0.5) is 0 Å². The molecule has 2 rings (SSSR count). The second kappa shape index (κ2) is 4.44. The summed E-state index contributed by atoms with van der Waals surface area (Å²) in [5, 5.41) is 17.6. The zero-order chi connectivity index (χ0) is 11.5. The zero-order valence-electron chi connectivity index (χ0n) is 9.41. The maximum atomic E-state index is 9.38. The molecular formula is C10H15N5O. The van der Waals surface area contributed by atoms with Crippen molar-refractivity contribution in [3.05, 3.63) is 30.1 Å². The molecule has 0 aliphatic rings. The van der Waals surface area contributed by atoms with Crippen molar-refractivity contribution < 1.29 is 5.11 Å². The molecule has 0 saturated heterocycles. The predicted octanol–water partition coefficient (Wildman–Crippen LogP) is 0.596. The van der Waals surface area contributed by atoms with Crippen LogP contribution < -0.4 is 0 Å². The second-order valence-corrected chi connectivity index (χ2v) is 3.64. The Morgan fingerprint density at radius 3 is 2.88 bits per heavy atom. The molecule has 2 aromatic rings. The number of hydrogen-bond donors (Lipinski definition) is 1. The lowest BCUT2D eigenvalue weighted by atomic mass is 10.2. The molecule has 1 unspecified atom stereocenters. The van der Waals surface area contributed by atoms with Gasteiger partial charge in [0.25, 0.3) is 0 Å². The van der Waals surface area contributed by atoms with Crippen LogP contribution in [0.2, 0.25) is 0 Å². The van der Waals surface area contributed by atoms with E-state index in [1.54, 1.807) is 17.8 Å². The van der Waals surface area contributed by atoms with Crippen LogP contribution in [-0.2, 0) is 13.1 Å². The Labute approximate surface area is 93.5 Å². The lowest BCUT2D eigenvalue weighted by Gasteiger charge is -2.03. The van der Waals surface area contributed by atoms with Crippen molar-refractivity contribution >= 4 is 0 Å². The third-order valence-corrected chi connectivity index (χ3v) is 2.43. The quantitative estimate of drug-likeness (QED) is 0.820. The smallest absolute Gasteiger partial charge is 0.148 e. The van der Waals surface area contributed by atoms with Gasteiger partial charge in [0.05, 0.1) is 12.3 Å². The molecule has 16 heavy (non-hydrogen) atoms. The fraction of sp³-hybridized carbons (Fsp3) is 0.500. The molecule has 0 aliphatic carbocycles. The van der Waals surface area contributed by atoms with E-state index in [0.29, 0.717) is 6.54 Å². The molecular weight excluding hydrogens is 206 g/mol. The van der Waals surface area contributed by atoms with Gasteiger partial charge in [0, 0.05) is 18.3 Å². The van der Waals surface area contributed by atoms with E-state index in [4.69, 9.17) is 0 Å². The zero-order valence-corrected chi connectivity index (χ0v) is 9.41. The van der Waals surface area contributed by atoms with Crippen molar-refractivity contribution in [1.29, 1.82) is 0 Å². The molecule has 0 aliphatic heterocycles. The molecule has 0 bridgehead atoms. The van der Waals surface area contributed by atoms with E-state index in [-0.39, 0.29) is 0 Å². The van der Waals surface area contributed by atoms with Gasteiger partial charge in [0.1, 0.15) is 18.7 Å². The van der Waals surface area contributed by atoms with E-state index in [1.165, 1.54) is 6.33 Å². The molecule has 2 heterocycles. The Hall–Kier alpha value is -1.69. The number of hydrogen-bond acceptors (Lipinski definition) is 4. The molecule has 0 saturated carbocycles. The van der Waals surface area contributed by atoms with Gasteiger partial charge in [0.15, 0.2) is 0 Å². The van der Waals surface area contributed by atoms with Gasteiger partial charge in [0.2, 0.25) is 0 Å². The second-order valence-electron chi connectivity index (χ2n) is 3.64. The minimum atomic E-state index is -0.488. The first-order valence-electron chi connectivity index (χ1n) is 5.27. The topological polar surface area (TPSA) is 68.8 Å². The van der Waals surface area contributed by atoms with Crippen molar-refractivity contribution in [3.8, 4) is 0 Å². The predicted molar refractivity (Wildman–Crippen MR) is 57.7 cm³/mol. The van der Waals surface area contributed by atoms with Crippen molar-refractivity contribution in [2.75, 3.05) is 0 Å². The Kier molecular flexibility index (Phi) is 3.00. The van der Waals surface area contributed by atoms with E-state index in [9.17, 15) is 5.11 Å². The fourth-order valence-corrected chi connectivity index (χ4v) is 1.50. The largest absolute Gasteiger partial charge is 0.389 e. The Morgan fingerprint density at radius 2 is 2.25 bits per heavy atom. The van der Waals surface area contributed by atoms with E-state index in [1.807, 2.05) is 17.8 Å². The minimum absolute atomic E-state index is 0.488. The van der Waals surface area contributed by atoms with Crippen molar-refractivity contribution in [1.82, 2.24) is 24.5 Å². The first-order valence-corrected chi connectivity index (χ1v) is 5.27. The van der Waals surface area contributed by atoms with Gasteiger partial charge in [-0.3, -0.25) is 4.68 Å². The lowest BCUT2D eigenvalue weighted by Crippen LogP contribution is -2.09. The van der Waals surface area contributed by atoms with Crippen LogP contribution in [0.5, 0.6) is 0 Å². The van der Waals surface area contributed by atoms with Gasteiger partial charge in [-0.25, -0.2) is 9.67 Å². The van der Waals surface area contributed by atoms with Crippen LogP contribution in [0.15, 0.2) is 18.7 Å². The molecule has 0 amide bonds. The number of nitrogens with zero attached hydrogens (tertiary/aromatic N) is 5. The molecule has 1 atom stereocenters. The summed E-state index contributed by atoms with van der Waals surface area (Å²) in [7, 11) is 0. The van der Waals surface area contributed by atoms with Gasteiger partial charge in [-0.2, -0.15) is 10.2 Å². The summed E-state index contributed by atoms with van der Waals surface area (Å²) in [5.41, 5.74) is 0.808. The van der Waals surface area contributed by atoms with Gasteiger partial charge in [-0.05, 0) is 13.8 Å². The Bertz CT molecular complexity index is 459. The lowest BCUT2D eigenvalue weighted by molar-refractivity contribution is 0.199. The average molecular weight is 221 g/mol. The Balaban J connectivity index is 2.14. The van der Waals surface area contributed by atoms with Crippen molar-refractivity contribution in [2.24, 2.45) is 0 Å². The molecule has 0 spiro atoms. The first kappa shape index (κ1) is 10.8. The molecule has 6 nitrogen and oxygen atoms in total. The van der Waals surface area contributed by atoms with Crippen LogP contribution in [0.1, 0.15) is 31.3 Å². The molecule has 86 valence electrons. The van der Waals surface area contributed by atoms with E-state index >= 15 is 0 Å². The van der Waals surface area contributed by atoms with Crippen molar-refractivity contribution in [3.63, 3.8) is 0 Å². The van der Waals surface area contributed by atoms with Crippen LogP contribution >= 0.6 is 0 Å². The molecule has 2 aromatic heterocycles. The fourth-order valence-electron chi connectivity index (χ4n) is 1.50. The molecule has 0 aromatic carbocycles. The highest BCUT2D eigenvalue weighted by Crippen LogP contribution is 2.10. The normalized spacial score (nSPS) is 12.9. The summed E-state index contributed by atoms with van der Waals surface area (Å²) in [6, 6.07) is 0. The summed E-state index contributed by atoms with van der Waals surface area (Å²) in [6.45, 7) is 5.10. The summed E-state index contributed by atoms with van der Waals surface area (Å²) >= 11 is 0. The number of rotatable bonds is 4. The average Bonchev–Trinajstić information content (AvgIpc) is 2.87. The Morgan fingerprint density at radius 1 is 1.44 bits per heavy atom. The van der Waals surface area contributed by atoms with E-state index < -0.39 is 6.10 Å². The van der Waals surface area contributed by atoms with Gasteiger partial charge in [-0.15, -0.1) is 0 Å². The number of aromatic nitrogens is 5. The highest BCUT2D eigenvalue weighted by Gasteiger charge is 2.07.